The Kier molecular flexibility index (Phi) is 4.98. The summed E-state index contributed by atoms with van der Waals surface area (Å²) in [6.07, 6.45) is -4.36. The maximum absolute atomic E-state index is 12.7. The summed E-state index contributed by atoms with van der Waals surface area (Å²) in [7, 11) is 1.54. The predicted molar refractivity (Wildman–Crippen MR) is 87.3 cm³/mol. The van der Waals surface area contributed by atoms with Crippen molar-refractivity contribution in [2.45, 2.75) is 17.2 Å². The van der Waals surface area contributed by atoms with Crippen LogP contribution in [0.5, 0.6) is 5.75 Å². The third-order valence-corrected chi connectivity index (χ3v) is 4.25. The maximum atomic E-state index is 12.7. The standard InChI is InChI=1S/C17H13F3N2O2S/c1-23-14-8-3-2-7-13(14)15-21-22-16(24-15)25-10-11-5-4-6-12(9-11)17(18,19)20/h2-9H,10H2,1H3. The van der Waals surface area contributed by atoms with Crippen molar-refractivity contribution in [1.29, 1.82) is 0 Å². The molecule has 0 saturated heterocycles. The molecule has 3 aromatic rings. The van der Waals surface area contributed by atoms with E-state index in [0.717, 1.165) is 12.1 Å². The summed E-state index contributed by atoms with van der Waals surface area (Å²) >= 11 is 1.17. The predicted octanol–water partition coefficient (Wildman–Crippen LogP) is 5.06. The third kappa shape index (κ3) is 4.14. The van der Waals surface area contributed by atoms with Crippen molar-refractivity contribution in [3.05, 3.63) is 59.7 Å². The Morgan fingerprint density at radius 2 is 1.88 bits per heavy atom. The molecule has 25 heavy (non-hydrogen) atoms. The first kappa shape index (κ1) is 17.3. The normalized spacial score (nSPS) is 11.5. The summed E-state index contributed by atoms with van der Waals surface area (Å²) in [5, 5.41) is 8.17. The Morgan fingerprint density at radius 1 is 1.08 bits per heavy atom. The fourth-order valence-corrected chi connectivity index (χ4v) is 2.89. The Morgan fingerprint density at radius 3 is 2.64 bits per heavy atom. The molecule has 0 N–H and O–H groups in total. The smallest absolute Gasteiger partial charge is 0.416 e. The number of halogens is 3. The Bertz CT molecular complexity index is 865. The van der Waals surface area contributed by atoms with Gasteiger partial charge in [0, 0.05) is 5.75 Å². The largest absolute Gasteiger partial charge is 0.496 e. The Labute approximate surface area is 146 Å². The lowest BCUT2D eigenvalue weighted by molar-refractivity contribution is -0.137. The molecule has 8 heteroatoms. The number of nitrogens with zero attached hydrogens (tertiary/aromatic N) is 2. The average Bonchev–Trinajstić information content (AvgIpc) is 3.08. The Balaban J connectivity index is 1.72. The molecule has 2 aromatic carbocycles. The molecule has 0 amide bonds. The van der Waals surface area contributed by atoms with Gasteiger partial charge in [-0.1, -0.05) is 42.1 Å². The van der Waals surface area contributed by atoms with Crippen molar-refractivity contribution in [3.8, 4) is 17.2 Å². The quantitative estimate of drug-likeness (QED) is 0.591. The van der Waals surface area contributed by atoms with E-state index in [0.29, 0.717) is 22.8 Å². The molecule has 0 radical (unpaired) electrons. The zero-order chi connectivity index (χ0) is 17.9. The first-order valence-corrected chi connectivity index (χ1v) is 8.22. The molecule has 0 saturated carbocycles. The molecule has 1 aromatic heterocycles. The maximum Gasteiger partial charge on any atom is 0.416 e. The van der Waals surface area contributed by atoms with Crippen molar-refractivity contribution in [2.24, 2.45) is 0 Å². The number of ether oxygens (including phenoxy) is 1. The van der Waals surface area contributed by atoms with Gasteiger partial charge in [0.2, 0.25) is 0 Å². The highest BCUT2D eigenvalue weighted by Gasteiger charge is 2.30. The van der Waals surface area contributed by atoms with Crippen molar-refractivity contribution in [1.82, 2.24) is 10.2 Å². The molecule has 0 aliphatic heterocycles. The zero-order valence-corrected chi connectivity index (χ0v) is 13.9. The average molecular weight is 366 g/mol. The third-order valence-electron chi connectivity index (χ3n) is 3.36. The van der Waals surface area contributed by atoms with Crippen LogP contribution in [0.3, 0.4) is 0 Å². The van der Waals surface area contributed by atoms with Crippen LogP contribution in [-0.4, -0.2) is 17.3 Å². The van der Waals surface area contributed by atoms with Crippen molar-refractivity contribution < 1.29 is 22.3 Å². The lowest BCUT2D eigenvalue weighted by atomic mass is 10.1. The second-order valence-electron chi connectivity index (χ2n) is 5.06. The van der Waals surface area contributed by atoms with Crippen molar-refractivity contribution >= 4 is 11.8 Å². The minimum atomic E-state index is -4.36. The van der Waals surface area contributed by atoms with E-state index in [4.69, 9.17) is 9.15 Å². The van der Waals surface area contributed by atoms with Gasteiger partial charge in [0.15, 0.2) is 0 Å². The molecule has 3 rings (SSSR count). The highest BCUT2D eigenvalue weighted by atomic mass is 32.2. The van der Waals surface area contributed by atoms with E-state index in [-0.39, 0.29) is 11.0 Å². The number of hydrogen-bond acceptors (Lipinski definition) is 5. The first-order valence-electron chi connectivity index (χ1n) is 7.23. The fourth-order valence-electron chi connectivity index (χ4n) is 2.18. The summed E-state index contributed by atoms with van der Waals surface area (Å²) in [6, 6.07) is 12.4. The van der Waals surface area contributed by atoms with Crippen LogP contribution in [0.4, 0.5) is 13.2 Å². The monoisotopic (exact) mass is 366 g/mol. The van der Waals surface area contributed by atoms with Gasteiger partial charge in [-0.15, -0.1) is 10.2 Å². The van der Waals surface area contributed by atoms with Gasteiger partial charge in [0.05, 0.1) is 18.2 Å². The van der Waals surface area contributed by atoms with Crippen LogP contribution in [-0.2, 0) is 11.9 Å². The van der Waals surface area contributed by atoms with Crippen LogP contribution in [0, 0.1) is 0 Å². The number of hydrogen-bond donors (Lipinski definition) is 0. The van der Waals surface area contributed by atoms with Crippen molar-refractivity contribution in [2.75, 3.05) is 7.11 Å². The summed E-state index contributed by atoms with van der Waals surface area (Å²) in [6.45, 7) is 0. The number of alkyl halides is 3. The van der Waals surface area contributed by atoms with E-state index in [1.807, 2.05) is 12.1 Å². The van der Waals surface area contributed by atoms with Gasteiger partial charge >= 0.3 is 6.18 Å². The Hall–Kier alpha value is -2.48. The van der Waals surface area contributed by atoms with E-state index in [9.17, 15) is 13.2 Å². The molecule has 130 valence electrons. The lowest BCUT2D eigenvalue weighted by Crippen LogP contribution is -2.04. The van der Waals surface area contributed by atoms with Crippen LogP contribution in [0.25, 0.3) is 11.5 Å². The SMILES string of the molecule is COc1ccccc1-c1nnc(SCc2cccc(C(F)(F)F)c2)o1. The van der Waals surface area contributed by atoms with Crippen LogP contribution in [0.15, 0.2) is 58.2 Å². The van der Waals surface area contributed by atoms with E-state index in [1.54, 1.807) is 25.3 Å². The molecule has 4 nitrogen and oxygen atoms in total. The molecule has 1 heterocycles. The van der Waals surface area contributed by atoms with Gasteiger partial charge in [-0.05, 0) is 23.8 Å². The second-order valence-corrected chi connectivity index (χ2v) is 5.99. The molecule has 0 bridgehead atoms. The highest BCUT2D eigenvalue weighted by molar-refractivity contribution is 7.98. The van der Waals surface area contributed by atoms with Crippen LogP contribution >= 0.6 is 11.8 Å². The van der Waals surface area contributed by atoms with E-state index < -0.39 is 11.7 Å². The van der Waals surface area contributed by atoms with Crippen molar-refractivity contribution in [3.63, 3.8) is 0 Å². The molecular formula is C17H13F3N2O2S. The molecule has 0 aliphatic carbocycles. The number of thioether (sulfide) groups is 1. The summed E-state index contributed by atoms with van der Waals surface area (Å²) < 4.78 is 49.0. The lowest BCUT2D eigenvalue weighted by Gasteiger charge is -2.07. The molecule has 0 unspecified atom stereocenters. The fraction of sp³-hybridized carbons (Fsp3) is 0.176. The first-order chi connectivity index (χ1) is 12.0. The summed E-state index contributed by atoms with van der Waals surface area (Å²) in [5.41, 5.74) is 0.506. The summed E-state index contributed by atoms with van der Waals surface area (Å²) in [5.74, 6) is 1.18. The number of benzene rings is 2. The number of aromatic nitrogens is 2. The molecular weight excluding hydrogens is 353 g/mol. The molecule has 0 aliphatic rings. The zero-order valence-electron chi connectivity index (χ0n) is 13.1. The van der Waals surface area contributed by atoms with E-state index in [2.05, 4.69) is 10.2 Å². The van der Waals surface area contributed by atoms with Crippen LogP contribution in [0.1, 0.15) is 11.1 Å². The second kappa shape index (κ2) is 7.18. The molecule has 0 spiro atoms. The van der Waals surface area contributed by atoms with Crippen LogP contribution in [0.2, 0.25) is 0 Å². The van der Waals surface area contributed by atoms with E-state index in [1.165, 1.54) is 17.8 Å². The highest BCUT2D eigenvalue weighted by Crippen LogP contribution is 2.33. The molecule has 0 fully saturated rings. The number of methoxy groups -OCH3 is 1. The number of rotatable bonds is 5. The van der Waals surface area contributed by atoms with E-state index >= 15 is 0 Å². The van der Waals surface area contributed by atoms with Gasteiger partial charge in [-0.3, -0.25) is 0 Å². The van der Waals surface area contributed by atoms with Gasteiger partial charge in [-0.2, -0.15) is 13.2 Å². The van der Waals surface area contributed by atoms with Gasteiger partial charge in [0.1, 0.15) is 5.75 Å². The minimum Gasteiger partial charge on any atom is -0.496 e. The topological polar surface area (TPSA) is 48.2 Å². The molecule has 0 atom stereocenters. The van der Waals surface area contributed by atoms with Gasteiger partial charge < -0.3 is 9.15 Å². The number of para-hydroxylation sites is 1. The minimum absolute atomic E-state index is 0.276. The summed E-state index contributed by atoms with van der Waals surface area (Å²) in [4.78, 5) is 0. The van der Waals surface area contributed by atoms with Crippen LogP contribution < -0.4 is 4.74 Å². The van der Waals surface area contributed by atoms with Gasteiger partial charge in [-0.25, -0.2) is 0 Å². The van der Waals surface area contributed by atoms with Gasteiger partial charge in [0.25, 0.3) is 11.1 Å².